The maximum Gasteiger partial charge on any atom is 0.336 e. The molecule has 3 aromatic rings. The van der Waals surface area contributed by atoms with Crippen molar-refractivity contribution in [3.8, 4) is 17.2 Å². The molecule has 1 heterocycles. The number of carbonyl (C=O) groups excluding carboxylic acids is 2. The number of methoxy groups -OCH3 is 1. The summed E-state index contributed by atoms with van der Waals surface area (Å²) < 4.78 is 21.4. The SMILES string of the molecule is CCOc1ccc(/C=C/C(=O)Oc2ccc3c(C)cc(=O)oc3c2C(C)=O)cc1OC. The van der Waals surface area contributed by atoms with Crippen LogP contribution in [0.4, 0.5) is 0 Å². The van der Waals surface area contributed by atoms with E-state index < -0.39 is 11.6 Å². The van der Waals surface area contributed by atoms with Crippen molar-refractivity contribution in [2.75, 3.05) is 13.7 Å². The first-order chi connectivity index (χ1) is 14.8. The summed E-state index contributed by atoms with van der Waals surface area (Å²) in [7, 11) is 1.53. The van der Waals surface area contributed by atoms with Crippen molar-refractivity contribution in [3.63, 3.8) is 0 Å². The van der Waals surface area contributed by atoms with Crippen LogP contribution in [0, 0.1) is 6.92 Å². The van der Waals surface area contributed by atoms with Gasteiger partial charge >= 0.3 is 11.6 Å². The molecule has 2 aromatic carbocycles. The molecule has 0 amide bonds. The Kier molecular flexibility index (Phi) is 6.55. The number of hydrogen-bond donors (Lipinski definition) is 0. The molecule has 0 aliphatic heterocycles. The molecule has 0 aliphatic carbocycles. The lowest BCUT2D eigenvalue weighted by atomic mass is 10.0. The maximum absolute atomic E-state index is 12.4. The predicted molar refractivity (Wildman–Crippen MR) is 116 cm³/mol. The third-order valence-corrected chi connectivity index (χ3v) is 4.54. The van der Waals surface area contributed by atoms with Gasteiger partial charge in [0.25, 0.3) is 0 Å². The van der Waals surface area contributed by atoms with Gasteiger partial charge in [0.2, 0.25) is 0 Å². The molecule has 160 valence electrons. The Hall–Kier alpha value is -3.87. The van der Waals surface area contributed by atoms with Crippen LogP contribution < -0.4 is 19.8 Å². The summed E-state index contributed by atoms with van der Waals surface area (Å²) >= 11 is 0. The molecule has 0 bridgehead atoms. The summed E-state index contributed by atoms with van der Waals surface area (Å²) in [4.78, 5) is 36.4. The topological polar surface area (TPSA) is 92.0 Å². The summed E-state index contributed by atoms with van der Waals surface area (Å²) in [6, 6.07) is 9.73. The first-order valence-electron chi connectivity index (χ1n) is 9.63. The van der Waals surface area contributed by atoms with Crippen LogP contribution in [-0.4, -0.2) is 25.5 Å². The van der Waals surface area contributed by atoms with E-state index in [9.17, 15) is 14.4 Å². The Labute approximate surface area is 178 Å². The number of Topliss-reactive ketones (excluding diaryl/α,β-unsaturated/α-hetero) is 1. The largest absolute Gasteiger partial charge is 0.493 e. The van der Waals surface area contributed by atoms with E-state index in [4.69, 9.17) is 18.6 Å². The molecular formula is C24H22O7. The molecule has 0 unspecified atom stereocenters. The number of ketones is 1. The van der Waals surface area contributed by atoms with Crippen molar-refractivity contribution in [2.45, 2.75) is 20.8 Å². The van der Waals surface area contributed by atoms with E-state index in [0.717, 1.165) is 0 Å². The molecule has 0 atom stereocenters. The van der Waals surface area contributed by atoms with Gasteiger partial charge in [-0.3, -0.25) is 4.79 Å². The summed E-state index contributed by atoms with van der Waals surface area (Å²) in [5, 5.41) is 0.599. The molecule has 31 heavy (non-hydrogen) atoms. The van der Waals surface area contributed by atoms with Crippen LogP contribution >= 0.6 is 0 Å². The Bertz CT molecular complexity index is 1230. The van der Waals surface area contributed by atoms with E-state index >= 15 is 0 Å². The van der Waals surface area contributed by atoms with Gasteiger partial charge in [-0.15, -0.1) is 0 Å². The lowest BCUT2D eigenvalue weighted by Crippen LogP contribution is -2.09. The minimum absolute atomic E-state index is 0.0210. The summed E-state index contributed by atoms with van der Waals surface area (Å²) in [5.74, 6) is 0.0830. The van der Waals surface area contributed by atoms with E-state index in [-0.39, 0.29) is 22.7 Å². The average molecular weight is 422 g/mol. The van der Waals surface area contributed by atoms with E-state index in [1.165, 1.54) is 32.2 Å². The van der Waals surface area contributed by atoms with Crippen molar-refractivity contribution in [1.29, 1.82) is 0 Å². The van der Waals surface area contributed by atoms with E-state index in [1.807, 2.05) is 6.92 Å². The fourth-order valence-corrected chi connectivity index (χ4v) is 3.15. The Balaban J connectivity index is 1.89. The van der Waals surface area contributed by atoms with Gasteiger partial charge in [-0.25, -0.2) is 9.59 Å². The van der Waals surface area contributed by atoms with Gasteiger partial charge in [-0.2, -0.15) is 0 Å². The molecule has 0 radical (unpaired) electrons. The lowest BCUT2D eigenvalue weighted by Gasteiger charge is -2.10. The summed E-state index contributed by atoms with van der Waals surface area (Å²) in [5.41, 5.74) is 0.922. The van der Waals surface area contributed by atoms with Crippen molar-refractivity contribution < 1.29 is 28.2 Å². The highest BCUT2D eigenvalue weighted by molar-refractivity contribution is 6.08. The molecule has 0 saturated carbocycles. The third kappa shape index (κ3) is 4.83. The van der Waals surface area contributed by atoms with E-state index in [0.29, 0.717) is 34.6 Å². The van der Waals surface area contributed by atoms with Crippen molar-refractivity contribution >= 4 is 28.8 Å². The molecule has 1 aromatic heterocycles. The lowest BCUT2D eigenvalue weighted by molar-refractivity contribution is -0.128. The number of rotatable bonds is 7. The van der Waals surface area contributed by atoms with Crippen LogP contribution in [0.2, 0.25) is 0 Å². The number of hydrogen-bond acceptors (Lipinski definition) is 7. The van der Waals surface area contributed by atoms with Gasteiger partial charge in [-0.1, -0.05) is 6.07 Å². The van der Waals surface area contributed by atoms with E-state index in [1.54, 1.807) is 37.3 Å². The molecule has 0 saturated heterocycles. The predicted octanol–water partition coefficient (Wildman–Crippen LogP) is 4.33. The van der Waals surface area contributed by atoms with Crippen molar-refractivity contribution in [3.05, 3.63) is 69.6 Å². The van der Waals surface area contributed by atoms with Crippen molar-refractivity contribution in [2.24, 2.45) is 0 Å². The van der Waals surface area contributed by atoms with Crippen LogP contribution in [0.1, 0.15) is 35.3 Å². The molecule has 7 nitrogen and oxygen atoms in total. The smallest absolute Gasteiger partial charge is 0.336 e. The summed E-state index contributed by atoms with van der Waals surface area (Å²) in [6.07, 6.45) is 2.79. The fourth-order valence-electron chi connectivity index (χ4n) is 3.15. The zero-order chi connectivity index (χ0) is 22.5. The second-order valence-corrected chi connectivity index (χ2v) is 6.72. The molecule has 0 N–H and O–H groups in total. The van der Waals surface area contributed by atoms with Gasteiger partial charge in [0.1, 0.15) is 11.3 Å². The minimum Gasteiger partial charge on any atom is -0.493 e. The van der Waals surface area contributed by atoms with Gasteiger partial charge in [0.15, 0.2) is 22.9 Å². The van der Waals surface area contributed by atoms with Crippen LogP contribution in [-0.2, 0) is 4.79 Å². The second-order valence-electron chi connectivity index (χ2n) is 6.72. The third-order valence-electron chi connectivity index (χ3n) is 4.54. The highest BCUT2D eigenvalue weighted by atomic mass is 16.5. The number of ether oxygens (including phenoxy) is 3. The minimum atomic E-state index is -0.690. The van der Waals surface area contributed by atoms with Gasteiger partial charge < -0.3 is 18.6 Å². The molecule has 0 fully saturated rings. The quantitative estimate of drug-likeness (QED) is 0.184. The standard InChI is InChI=1S/C24H22O7/c1-5-29-18-9-6-16(13-20(18)28-4)7-11-21(26)30-19-10-8-17-14(2)12-22(27)31-24(17)23(19)15(3)25/h6-13H,5H2,1-4H3/b11-7+. The number of aryl methyl sites for hydroxylation is 1. The number of benzene rings is 2. The molecule has 7 heteroatoms. The fraction of sp³-hybridized carbons (Fsp3) is 0.208. The number of carbonyl (C=O) groups is 2. The first-order valence-corrected chi connectivity index (χ1v) is 9.63. The van der Waals surface area contributed by atoms with E-state index in [2.05, 4.69) is 0 Å². The second kappa shape index (κ2) is 9.30. The number of esters is 1. The normalized spacial score (nSPS) is 11.0. The molecular weight excluding hydrogens is 400 g/mol. The monoisotopic (exact) mass is 422 g/mol. The average Bonchev–Trinajstić information content (AvgIpc) is 2.72. The highest BCUT2D eigenvalue weighted by Gasteiger charge is 2.19. The molecule has 0 aliphatic rings. The molecule has 0 spiro atoms. The highest BCUT2D eigenvalue weighted by Crippen LogP contribution is 2.30. The number of fused-ring (bicyclic) bond motifs is 1. The zero-order valence-corrected chi connectivity index (χ0v) is 17.7. The van der Waals surface area contributed by atoms with Crippen LogP contribution in [0.3, 0.4) is 0 Å². The first kappa shape index (κ1) is 21.8. The maximum atomic E-state index is 12.4. The van der Waals surface area contributed by atoms with Crippen LogP contribution in [0.25, 0.3) is 17.0 Å². The van der Waals surface area contributed by atoms with Gasteiger partial charge in [0.05, 0.1) is 13.7 Å². The van der Waals surface area contributed by atoms with Gasteiger partial charge in [-0.05, 0) is 62.2 Å². The Morgan fingerprint density at radius 2 is 1.81 bits per heavy atom. The Morgan fingerprint density at radius 3 is 2.48 bits per heavy atom. The van der Waals surface area contributed by atoms with Crippen LogP contribution in [0.15, 0.2) is 51.7 Å². The molecule has 3 rings (SSSR count). The Morgan fingerprint density at radius 1 is 1.06 bits per heavy atom. The zero-order valence-electron chi connectivity index (χ0n) is 17.7. The van der Waals surface area contributed by atoms with Crippen LogP contribution in [0.5, 0.6) is 17.2 Å². The van der Waals surface area contributed by atoms with Crippen molar-refractivity contribution in [1.82, 2.24) is 0 Å². The van der Waals surface area contributed by atoms with Gasteiger partial charge in [0, 0.05) is 17.5 Å². The summed E-state index contributed by atoms with van der Waals surface area (Å²) in [6.45, 7) is 5.43.